The first-order valence-corrected chi connectivity index (χ1v) is 6.74. The molecular weight excluding hydrogens is 224 g/mol. The van der Waals surface area contributed by atoms with E-state index in [4.69, 9.17) is 0 Å². The average Bonchev–Trinajstić information content (AvgIpc) is 2.40. The minimum Gasteiger partial charge on any atom is -0.349 e. The fraction of sp³-hybridized carbons (Fsp3) is 0.533. The van der Waals surface area contributed by atoms with E-state index >= 15 is 0 Å². The van der Waals surface area contributed by atoms with Gasteiger partial charge < -0.3 is 10.6 Å². The Morgan fingerprint density at radius 3 is 2.72 bits per heavy atom. The summed E-state index contributed by atoms with van der Waals surface area (Å²) >= 11 is 0. The van der Waals surface area contributed by atoms with E-state index in [1.165, 1.54) is 5.56 Å². The Morgan fingerprint density at radius 2 is 2.11 bits per heavy atom. The predicted octanol–water partition coefficient (Wildman–Crippen LogP) is 2.17. The van der Waals surface area contributed by atoms with Gasteiger partial charge in [-0.25, -0.2) is 0 Å². The molecule has 0 aliphatic carbocycles. The Bertz CT molecular complexity index is 393. The van der Waals surface area contributed by atoms with Gasteiger partial charge in [-0.05, 0) is 38.8 Å². The highest BCUT2D eigenvalue weighted by molar-refractivity contribution is 5.79. The maximum atomic E-state index is 12.1. The monoisotopic (exact) mass is 246 g/mol. The van der Waals surface area contributed by atoms with Crippen molar-refractivity contribution in [1.82, 2.24) is 10.6 Å². The molecule has 2 N–H and O–H groups in total. The van der Waals surface area contributed by atoms with Crippen LogP contribution in [0.3, 0.4) is 0 Å². The number of piperidine rings is 1. The first-order chi connectivity index (χ1) is 8.66. The van der Waals surface area contributed by atoms with Gasteiger partial charge >= 0.3 is 0 Å². The van der Waals surface area contributed by atoms with Crippen LogP contribution >= 0.6 is 0 Å². The first kappa shape index (κ1) is 13.1. The smallest absolute Gasteiger partial charge is 0.224 e. The molecule has 0 radical (unpaired) electrons. The second-order valence-electron chi connectivity index (χ2n) is 5.18. The highest BCUT2D eigenvalue weighted by Crippen LogP contribution is 2.16. The maximum Gasteiger partial charge on any atom is 0.224 e. The van der Waals surface area contributed by atoms with E-state index in [0.29, 0.717) is 0 Å². The van der Waals surface area contributed by atoms with Gasteiger partial charge in [-0.3, -0.25) is 4.79 Å². The fourth-order valence-electron chi connectivity index (χ4n) is 2.35. The van der Waals surface area contributed by atoms with Gasteiger partial charge in [0.25, 0.3) is 0 Å². The quantitative estimate of drug-likeness (QED) is 0.858. The van der Waals surface area contributed by atoms with Crippen LogP contribution < -0.4 is 10.6 Å². The molecule has 1 fully saturated rings. The summed E-state index contributed by atoms with van der Waals surface area (Å²) in [5.41, 5.74) is 2.41. The predicted molar refractivity (Wildman–Crippen MR) is 73.3 cm³/mol. The van der Waals surface area contributed by atoms with Crippen LogP contribution in [-0.4, -0.2) is 19.0 Å². The van der Waals surface area contributed by atoms with Crippen molar-refractivity contribution >= 4 is 5.91 Å². The van der Waals surface area contributed by atoms with E-state index in [1.807, 2.05) is 6.92 Å². The Labute approximate surface area is 109 Å². The Kier molecular flexibility index (Phi) is 4.37. The molecular formula is C15H22N2O. The Hall–Kier alpha value is -1.35. The third-order valence-electron chi connectivity index (χ3n) is 3.60. The van der Waals surface area contributed by atoms with Crippen molar-refractivity contribution in [3.63, 3.8) is 0 Å². The van der Waals surface area contributed by atoms with Crippen molar-refractivity contribution in [2.75, 3.05) is 13.1 Å². The normalized spacial score (nSPS) is 21.3. The van der Waals surface area contributed by atoms with Crippen molar-refractivity contribution in [3.8, 4) is 0 Å². The molecule has 0 unspecified atom stereocenters. The molecule has 0 bridgehead atoms. The third-order valence-corrected chi connectivity index (χ3v) is 3.60. The molecule has 1 heterocycles. The lowest BCUT2D eigenvalue weighted by atomic mass is 9.98. The molecule has 0 spiro atoms. The Balaban J connectivity index is 1.91. The summed E-state index contributed by atoms with van der Waals surface area (Å²) < 4.78 is 0. The van der Waals surface area contributed by atoms with Gasteiger partial charge in [-0.15, -0.1) is 0 Å². The summed E-state index contributed by atoms with van der Waals surface area (Å²) in [5, 5.41) is 6.38. The molecule has 1 amide bonds. The average molecular weight is 246 g/mol. The summed E-state index contributed by atoms with van der Waals surface area (Å²) in [6.45, 7) is 5.96. The molecule has 98 valence electrons. The van der Waals surface area contributed by atoms with Crippen LogP contribution in [0, 0.1) is 12.8 Å². The molecule has 18 heavy (non-hydrogen) atoms. The van der Waals surface area contributed by atoms with E-state index in [1.54, 1.807) is 0 Å². The minimum absolute atomic E-state index is 0.0834. The number of carbonyl (C=O) groups is 1. The number of hydrogen-bond acceptors (Lipinski definition) is 2. The number of amides is 1. The first-order valence-electron chi connectivity index (χ1n) is 6.74. The van der Waals surface area contributed by atoms with Crippen LogP contribution in [0.5, 0.6) is 0 Å². The molecule has 0 saturated carbocycles. The summed E-state index contributed by atoms with van der Waals surface area (Å²) in [7, 11) is 0. The highest BCUT2D eigenvalue weighted by Gasteiger charge is 2.22. The number of carbonyl (C=O) groups excluding carboxylic acids is 1. The number of aryl methyl sites for hydroxylation is 1. The minimum atomic E-state index is 0.0834. The fourth-order valence-corrected chi connectivity index (χ4v) is 2.35. The molecule has 0 aromatic heterocycles. The summed E-state index contributed by atoms with van der Waals surface area (Å²) in [5.74, 6) is 0.307. The second kappa shape index (κ2) is 6.01. The van der Waals surface area contributed by atoms with E-state index in [-0.39, 0.29) is 17.9 Å². The standard InChI is InChI=1S/C15H22N2O/c1-11-5-7-13(8-6-11)12(2)17-15(18)14-4-3-9-16-10-14/h5-8,12,14,16H,3-4,9-10H2,1-2H3,(H,17,18)/t12-,14-/m0/s1. The van der Waals surface area contributed by atoms with Gasteiger partial charge in [0.15, 0.2) is 0 Å². The number of rotatable bonds is 3. The molecule has 1 aliphatic heterocycles. The SMILES string of the molecule is Cc1ccc([C@H](C)NC(=O)[C@H]2CCCNC2)cc1. The maximum absolute atomic E-state index is 12.1. The van der Waals surface area contributed by atoms with Crippen LogP contribution in [0.4, 0.5) is 0 Å². The summed E-state index contributed by atoms with van der Waals surface area (Å²) in [6.07, 6.45) is 2.09. The molecule has 2 rings (SSSR count). The topological polar surface area (TPSA) is 41.1 Å². The van der Waals surface area contributed by atoms with Gasteiger partial charge in [0, 0.05) is 6.54 Å². The molecule has 1 saturated heterocycles. The van der Waals surface area contributed by atoms with Crippen molar-refractivity contribution in [2.24, 2.45) is 5.92 Å². The summed E-state index contributed by atoms with van der Waals surface area (Å²) in [6, 6.07) is 8.42. The number of hydrogen-bond donors (Lipinski definition) is 2. The van der Waals surface area contributed by atoms with Gasteiger partial charge in [0.05, 0.1) is 12.0 Å². The summed E-state index contributed by atoms with van der Waals surface area (Å²) in [4.78, 5) is 12.1. The van der Waals surface area contributed by atoms with E-state index in [2.05, 4.69) is 41.8 Å². The van der Waals surface area contributed by atoms with E-state index < -0.39 is 0 Å². The Morgan fingerprint density at radius 1 is 1.39 bits per heavy atom. The third kappa shape index (κ3) is 3.33. The van der Waals surface area contributed by atoms with Crippen molar-refractivity contribution in [3.05, 3.63) is 35.4 Å². The largest absolute Gasteiger partial charge is 0.349 e. The number of benzene rings is 1. The molecule has 3 nitrogen and oxygen atoms in total. The zero-order chi connectivity index (χ0) is 13.0. The van der Waals surface area contributed by atoms with E-state index in [0.717, 1.165) is 31.5 Å². The van der Waals surface area contributed by atoms with Crippen molar-refractivity contribution in [2.45, 2.75) is 32.7 Å². The van der Waals surface area contributed by atoms with E-state index in [9.17, 15) is 4.79 Å². The van der Waals surface area contributed by atoms with Crippen molar-refractivity contribution in [1.29, 1.82) is 0 Å². The second-order valence-corrected chi connectivity index (χ2v) is 5.18. The zero-order valence-corrected chi connectivity index (χ0v) is 11.2. The van der Waals surface area contributed by atoms with Crippen LogP contribution in [0.15, 0.2) is 24.3 Å². The zero-order valence-electron chi connectivity index (χ0n) is 11.2. The molecule has 2 atom stereocenters. The van der Waals surface area contributed by atoms with Crippen LogP contribution in [-0.2, 0) is 4.79 Å². The van der Waals surface area contributed by atoms with Gasteiger partial charge in [-0.2, -0.15) is 0 Å². The van der Waals surface area contributed by atoms with Crippen LogP contribution in [0.1, 0.15) is 36.9 Å². The molecule has 1 aliphatic rings. The molecule has 1 aromatic carbocycles. The number of nitrogens with one attached hydrogen (secondary N) is 2. The lowest BCUT2D eigenvalue weighted by Crippen LogP contribution is -2.41. The highest BCUT2D eigenvalue weighted by atomic mass is 16.1. The van der Waals surface area contributed by atoms with Crippen LogP contribution in [0.2, 0.25) is 0 Å². The van der Waals surface area contributed by atoms with Crippen LogP contribution in [0.25, 0.3) is 0 Å². The molecule has 1 aromatic rings. The van der Waals surface area contributed by atoms with Gasteiger partial charge in [0.1, 0.15) is 0 Å². The van der Waals surface area contributed by atoms with Gasteiger partial charge in [0.2, 0.25) is 5.91 Å². The lowest BCUT2D eigenvalue weighted by molar-refractivity contribution is -0.126. The molecule has 3 heteroatoms. The lowest BCUT2D eigenvalue weighted by Gasteiger charge is -2.24. The van der Waals surface area contributed by atoms with Crippen molar-refractivity contribution < 1.29 is 4.79 Å². The van der Waals surface area contributed by atoms with Gasteiger partial charge in [-0.1, -0.05) is 29.8 Å².